The first-order chi connectivity index (χ1) is 11.5. The van der Waals surface area contributed by atoms with Gasteiger partial charge in [0.25, 0.3) is 5.69 Å². The number of nitro groups is 1. The molecule has 0 aromatic heterocycles. The summed E-state index contributed by atoms with van der Waals surface area (Å²) < 4.78 is 12.9. The molecule has 1 amide bonds. The highest BCUT2D eigenvalue weighted by molar-refractivity contribution is 5.75. The lowest BCUT2D eigenvalue weighted by Crippen LogP contribution is -2.25. The summed E-state index contributed by atoms with van der Waals surface area (Å²) in [6.07, 6.45) is 1.76. The van der Waals surface area contributed by atoms with Crippen LogP contribution in [-0.4, -0.2) is 22.8 Å². The Morgan fingerprint density at radius 1 is 1.08 bits per heavy atom. The first-order valence-electron chi connectivity index (χ1n) is 7.67. The second-order valence-corrected chi connectivity index (χ2v) is 5.65. The minimum atomic E-state index is -0.433. The van der Waals surface area contributed by atoms with E-state index in [-0.39, 0.29) is 17.4 Å². The van der Waals surface area contributed by atoms with E-state index in [4.69, 9.17) is 0 Å². The molecule has 0 atom stereocenters. The number of carbonyl (C=O) groups excluding carboxylic acids is 1. The van der Waals surface area contributed by atoms with Crippen LogP contribution in [0.15, 0.2) is 48.5 Å². The highest BCUT2D eigenvalue weighted by Crippen LogP contribution is 2.14. The van der Waals surface area contributed by atoms with Gasteiger partial charge in [-0.2, -0.15) is 0 Å². The van der Waals surface area contributed by atoms with Crippen molar-refractivity contribution in [2.75, 3.05) is 7.05 Å². The molecule has 0 spiro atoms. The van der Waals surface area contributed by atoms with Crippen molar-refractivity contribution < 1.29 is 14.1 Å². The SMILES string of the molecule is CN(Cc1ccc(F)cc1)C(=O)CCCc1ccc([N+](=O)[O-])cc1. The number of halogens is 1. The van der Waals surface area contributed by atoms with Gasteiger partial charge in [0, 0.05) is 32.1 Å². The van der Waals surface area contributed by atoms with Crippen LogP contribution >= 0.6 is 0 Å². The van der Waals surface area contributed by atoms with E-state index in [2.05, 4.69) is 0 Å². The van der Waals surface area contributed by atoms with Gasteiger partial charge in [0.05, 0.1) is 4.92 Å². The summed E-state index contributed by atoms with van der Waals surface area (Å²) >= 11 is 0. The van der Waals surface area contributed by atoms with E-state index >= 15 is 0 Å². The van der Waals surface area contributed by atoms with Gasteiger partial charge in [-0.15, -0.1) is 0 Å². The van der Waals surface area contributed by atoms with E-state index < -0.39 is 4.92 Å². The van der Waals surface area contributed by atoms with Crippen LogP contribution in [-0.2, 0) is 17.8 Å². The third kappa shape index (κ3) is 5.15. The summed E-state index contributed by atoms with van der Waals surface area (Å²) in [6.45, 7) is 0.441. The fraction of sp³-hybridized carbons (Fsp3) is 0.278. The predicted molar refractivity (Wildman–Crippen MR) is 88.9 cm³/mol. The number of amides is 1. The summed E-state index contributed by atoms with van der Waals surface area (Å²) in [6, 6.07) is 12.4. The Morgan fingerprint density at radius 2 is 1.67 bits per heavy atom. The molecule has 2 rings (SSSR count). The minimum Gasteiger partial charge on any atom is -0.341 e. The molecule has 2 aromatic rings. The van der Waals surface area contributed by atoms with Gasteiger partial charge in [-0.05, 0) is 36.1 Å². The molecule has 24 heavy (non-hydrogen) atoms. The summed E-state index contributed by atoms with van der Waals surface area (Å²) in [5.74, 6) is -0.280. The van der Waals surface area contributed by atoms with E-state index in [9.17, 15) is 19.3 Å². The molecule has 0 aliphatic carbocycles. The topological polar surface area (TPSA) is 63.5 Å². The van der Waals surface area contributed by atoms with Crippen molar-refractivity contribution in [2.24, 2.45) is 0 Å². The Labute approximate surface area is 139 Å². The average molecular weight is 330 g/mol. The predicted octanol–water partition coefficient (Wildman–Crippen LogP) is 3.72. The standard InChI is InChI=1S/C18H19FN2O3/c1-20(13-15-5-9-16(19)10-6-15)18(22)4-2-3-14-7-11-17(12-8-14)21(23)24/h5-12H,2-4,13H2,1H3. The second kappa shape index (κ2) is 8.19. The van der Waals surface area contributed by atoms with Crippen LogP contribution in [0, 0.1) is 15.9 Å². The van der Waals surface area contributed by atoms with Crippen LogP contribution in [0.5, 0.6) is 0 Å². The lowest BCUT2D eigenvalue weighted by molar-refractivity contribution is -0.384. The van der Waals surface area contributed by atoms with Crippen molar-refractivity contribution in [2.45, 2.75) is 25.8 Å². The molecule has 0 fully saturated rings. The van der Waals surface area contributed by atoms with Gasteiger partial charge in [-0.25, -0.2) is 4.39 Å². The zero-order valence-corrected chi connectivity index (χ0v) is 13.4. The molecule has 2 aromatic carbocycles. The molecule has 0 aliphatic rings. The maximum atomic E-state index is 12.9. The van der Waals surface area contributed by atoms with Gasteiger partial charge in [-0.3, -0.25) is 14.9 Å². The van der Waals surface area contributed by atoms with E-state index in [1.165, 1.54) is 24.3 Å². The first-order valence-corrected chi connectivity index (χ1v) is 7.67. The van der Waals surface area contributed by atoms with Gasteiger partial charge >= 0.3 is 0 Å². The fourth-order valence-electron chi connectivity index (χ4n) is 2.37. The number of nitrogens with zero attached hydrogens (tertiary/aromatic N) is 2. The second-order valence-electron chi connectivity index (χ2n) is 5.65. The van der Waals surface area contributed by atoms with Gasteiger partial charge in [0.2, 0.25) is 5.91 Å². The number of rotatable bonds is 7. The number of aryl methyl sites for hydroxylation is 1. The van der Waals surface area contributed by atoms with Crippen molar-refractivity contribution in [3.63, 3.8) is 0 Å². The summed E-state index contributed by atoms with van der Waals surface area (Å²) in [5, 5.41) is 10.6. The summed E-state index contributed by atoms with van der Waals surface area (Å²) in [5.41, 5.74) is 1.91. The molecule has 0 saturated carbocycles. The Kier molecular flexibility index (Phi) is 6.01. The zero-order chi connectivity index (χ0) is 17.5. The van der Waals surface area contributed by atoms with Crippen molar-refractivity contribution in [1.82, 2.24) is 4.90 Å². The molecule has 0 radical (unpaired) electrons. The van der Waals surface area contributed by atoms with E-state index in [1.807, 2.05) is 0 Å². The number of hydrogen-bond donors (Lipinski definition) is 0. The fourth-order valence-corrected chi connectivity index (χ4v) is 2.37. The van der Waals surface area contributed by atoms with Crippen LogP contribution in [0.2, 0.25) is 0 Å². The number of non-ortho nitro benzene ring substituents is 1. The third-order valence-corrected chi connectivity index (χ3v) is 3.76. The van der Waals surface area contributed by atoms with E-state index in [1.54, 1.807) is 36.2 Å². The summed E-state index contributed by atoms with van der Waals surface area (Å²) in [4.78, 5) is 23.9. The lowest BCUT2D eigenvalue weighted by atomic mass is 10.1. The number of benzene rings is 2. The molecular formula is C18H19FN2O3. The van der Waals surface area contributed by atoms with Crippen molar-refractivity contribution in [3.8, 4) is 0 Å². The molecular weight excluding hydrogens is 311 g/mol. The molecule has 0 N–H and O–H groups in total. The molecule has 0 unspecified atom stereocenters. The molecule has 0 aliphatic heterocycles. The number of carbonyl (C=O) groups is 1. The Morgan fingerprint density at radius 3 is 2.25 bits per heavy atom. The number of hydrogen-bond acceptors (Lipinski definition) is 3. The van der Waals surface area contributed by atoms with E-state index in [0.29, 0.717) is 25.8 Å². The lowest BCUT2D eigenvalue weighted by Gasteiger charge is -2.17. The highest BCUT2D eigenvalue weighted by atomic mass is 19.1. The largest absolute Gasteiger partial charge is 0.341 e. The molecule has 0 saturated heterocycles. The Hall–Kier alpha value is -2.76. The zero-order valence-electron chi connectivity index (χ0n) is 13.4. The van der Waals surface area contributed by atoms with Crippen LogP contribution in [0.1, 0.15) is 24.0 Å². The van der Waals surface area contributed by atoms with Crippen LogP contribution in [0.25, 0.3) is 0 Å². The van der Waals surface area contributed by atoms with Crippen molar-refractivity contribution >= 4 is 11.6 Å². The minimum absolute atomic E-state index is 0.0150. The van der Waals surface area contributed by atoms with Gasteiger partial charge in [0.15, 0.2) is 0 Å². The van der Waals surface area contributed by atoms with E-state index in [0.717, 1.165) is 11.1 Å². The quantitative estimate of drug-likeness (QED) is 0.574. The summed E-state index contributed by atoms with van der Waals surface area (Å²) in [7, 11) is 1.72. The van der Waals surface area contributed by atoms with Crippen LogP contribution < -0.4 is 0 Å². The average Bonchev–Trinajstić information content (AvgIpc) is 2.57. The van der Waals surface area contributed by atoms with Gasteiger partial charge in [0.1, 0.15) is 5.82 Å². The molecule has 5 nitrogen and oxygen atoms in total. The highest BCUT2D eigenvalue weighted by Gasteiger charge is 2.10. The number of nitro benzene ring substituents is 1. The maximum Gasteiger partial charge on any atom is 0.269 e. The first kappa shape index (κ1) is 17.6. The molecule has 0 heterocycles. The maximum absolute atomic E-state index is 12.9. The molecule has 6 heteroatoms. The van der Waals surface area contributed by atoms with Crippen molar-refractivity contribution in [3.05, 3.63) is 75.6 Å². The third-order valence-electron chi connectivity index (χ3n) is 3.76. The van der Waals surface area contributed by atoms with Gasteiger partial charge in [-0.1, -0.05) is 24.3 Å². The molecule has 126 valence electrons. The van der Waals surface area contributed by atoms with Crippen LogP contribution in [0.3, 0.4) is 0 Å². The normalized spacial score (nSPS) is 10.4. The molecule has 0 bridgehead atoms. The smallest absolute Gasteiger partial charge is 0.269 e. The van der Waals surface area contributed by atoms with Crippen molar-refractivity contribution in [1.29, 1.82) is 0 Å². The Balaban J connectivity index is 1.77. The van der Waals surface area contributed by atoms with Crippen LogP contribution in [0.4, 0.5) is 10.1 Å². The monoisotopic (exact) mass is 330 g/mol. The van der Waals surface area contributed by atoms with Gasteiger partial charge < -0.3 is 4.90 Å². The Bertz CT molecular complexity index is 699.